The van der Waals surface area contributed by atoms with Crippen molar-refractivity contribution in [2.75, 3.05) is 38.6 Å². The Morgan fingerprint density at radius 1 is 1.19 bits per heavy atom. The molecule has 0 saturated carbocycles. The summed E-state index contributed by atoms with van der Waals surface area (Å²) in [7, 11) is 0. The quantitative estimate of drug-likeness (QED) is 0.251. The van der Waals surface area contributed by atoms with E-state index in [2.05, 4.69) is 5.32 Å². The summed E-state index contributed by atoms with van der Waals surface area (Å²) in [4.78, 5) is 32.7. The van der Waals surface area contributed by atoms with Crippen molar-refractivity contribution in [3.63, 3.8) is 0 Å². The Morgan fingerprint density at radius 2 is 1.97 bits per heavy atom. The number of hydrogen-bond acceptors (Lipinski definition) is 5. The number of morpholine rings is 1. The van der Waals surface area contributed by atoms with Crippen LogP contribution >= 0.6 is 0 Å². The fourth-order valence-electron chi connectivity index (χ4n) is 4.59. The van der Waals surface area contributed by atoms with Crippen LogP contribution in [-0.4, -0.2) is 48.1 Å². The van der Waals surface area contributed by atoms with Gasteiger partial charge in [-0.25, -0.2) is 8.96 Å². The molecule has 1 aliphatic heterocycles. The van der Waals surface area contributed by atoms with Gasteiger partial charge >= 0.3 is 0 Å². The fourth-order valence-corrected chi connectivity index (χ4v) is 4.59. The molecule has 0 radical (unpaired) electrons. The van der Waals surface area contributed by atoms with Gasteiger partial charge in [-0.1, -0.05) is 23.2 Å². The molecule has 1 fully saturated rings. The zero-order valence-corrected chi connectivity index (χ0v) is 19.9. The Balaban J connectivity index is 1.50. The number of carbonyl (C=O) groups excluding carboxylic acids is 1. The lowest BCUT2D eigenvalue weighted by atomic mass is 10.1. The van der Waals surface area contributed by atoms with Crippen molar-refractivity contribution in [1.29, 1.82) is 0 Å². The van der Waals surface area contributed by atoms with E-state index in [0.717, 1.165) is 44.8 Å². The largest absolute Gasteiger partial charge is 0.370 e. The monoisotopic (exact) mass is 492 g/mol. The highest BCUT2D eigenvalue weighted by molar-refractivity contribution is 6.00. The van der Waals surface area contributed by atoms with E-state index < -0.39 is 5.91 Å². The summed E-state index contributed by atoms with van der Waals surface area (Å²) in [6, 6.07) is 12.8. The first-order valence-electron chi connectivity index (χ1n) is 12.1. The fraction of sp³-hybridized carbons (Fsp3) is 0.308. The van der Waals surface area contributed by atoms with E-state index in [1.807, 2.05) is 6.07 Å². The summed E-state index contributed by atoms with van der Waals surface area (Å²) in [5.41, 5.74) is 8.18. The number of ether oxygens (including phenoxy) is 1. The second-order valence-corrected chi connectivity index (χ2v) is 8.95. The standard InChI is InChI=1S/C26H27FN6O3/c27-19-7-5-18(6-8-19)17-29-25(34)20-16-21-24(30-22-4-1-2-10-32(22)26(21)35)33(23(20)28)11-3-9-31-12-14-36-15-13-31/h1-2,4-8,10,16,28H,3,9,11-15,17H2,(H,29,34)/p+2. The third-order valence-corrected chi connectivity index (χ3v) is 6.58. The number of hydrogen-bond donors (Lipinski definition) is 3. The van der Waals surface area contributed by atoms with E-state index in [9.17, 15) is 14.0 Å². The number of nitrogen functional groups attached to an aromatic ring is 1. The molecule has 5 rings (SSSR count). The van der Waals surface area contributed by atoms with Crippen molar-refractivity contribution in [3.8, 4) is 0 Å². The summed E-state index contributed by atoms with van der Waals surface area (Å²) in [5.74, 6) is -0.504. The summed E-state index contributed by atoms with van der Waals surface area (Å²) >= 11 is 0. The number of halogens is 1. The molecular formula is C26H29FN6O3+2. The van der Waals surface area contributed by atoms with Crippen LogP contribution in [0.2, 0.25) is 0 Å². The van der Waals surface area contributed by atoms with Crippen molar-refractivity contribution < 1.29 is 23.4 Å². The Kier molecular flexibility index (Phi) is 6.88. The van der Waals surface area contributed by atoms with Gasteiger partial charge in [-0.15, -0.1) is 0 Å². The first kappa shape index (κ1) is 23.8. The summed E-state index contributed by atoms with van der Waals surface area (Å²) in [6.45, 7) is 5.05. The molecule has 0 spiro atoms. The molecule has 10 heteroatoms. The van der Waals surface area contributed by atoms with Gasteiger partial charge in [-0.2, -0.15) is 0 Å². The van der Waals surface area contributed by atoms with Gasteiger partial charge in [0.1, 0.15) is 29.9 Å². The van der Waals surface area contributed by atoms with E-state index in [-0.39, 0.29) is 29.3 Å². The van der Waals surface area contributed by atoms with Crippen molar-refractivity contribution >= 4 is 28.4 Å². The molecule has 0 atom stereocenters. The molecule has 9 nitrogen and oxygen atoms in total. The number of fused-ring (bicyclic) bond motifs is 2. The van der Waals surface area contributed by atoms with Crippen molar-refractivity contribution in [3.05, 3.63) is 82.0 Å². The number of aromatic nitrogens is 3. The lowest BCUT2D eigenvalue weighted by Gasteiger charge is -2.23. The van der Waals surface area contributed by atoms with Crippen molar-refractivity contribution in [2.24, 2.45) is 0 Å². The van der Waals surface area contributed by atoms with Gasteiger partial charge in [-0.05, 0) is 35.9 Å². The number of carbonyl (C=O) groups is 1. The van der Waals surface area contributed by atoms with Gasteiger partial charge in [0.25, 0.3) is 17.1 Å². The zero-order valence-electron chi connectivity index (χ0n) is 19.9. The van der Waals surface area contributed by atoms with Gasteiger partial charge in [0.15, 0.2) is 0 Å². The molecular weight excluding hydrogens is 463 g/mol. The Hall–Kier alpha value is -3.89. The molecule has 0 unspecified atom stereocenters. The molecule has 186 valence electrons. The summed E-state index contributed by atoms with van der Waals surface area (Å²) in [5, 5.41) is 3.15. The zero-order chi connectivity index (χ0) is 25.1. The number of nitrogens with zero attached hydrogens (tertiary/aromatic N) is 3. The number of nitrogens with one attached hydrogen (secondary N) is 2. The number of aryl methyl sites for hydroxylation is 1. The van der Waals surface area contributed by atoms with Crippen LogP contribution in [-0.2, 0) is 17.8 Å². The first-order chi connectivity index (χ1) is 17.5. The summed E-state index contributed by atoms with van der Waals surface area (Å²) < 4.78 is 21.9. The minimum atomic E-state index is -0.413. The third-order valence-electron chi connectivity index (χ3n) is 6.58. The second kappa shape index (κ2) is 10.4. The minimum absolute atomic E-state index is 0.200. The Morgan fingerprint density at radius 3 is 2.75 bits per heavy atom. The lowest BCUT2D eigenvalue weighted by Crippen LogP contribution is -3.14. The van der Waals surface area contributed by atoms with Crippen LogP contribution in [0.15, 0.2) is 59.5 Å². The topological polar surface area (TPSA) is 107 Å². The minimum Gasteiger partial charge on any atom is -0.370 e. The number of benzene rings is 1. The highest BCUT2D eigenvalue weighted by Crippen LogP contribution is 2.15. The lowest BCUT2D eigenvalue weighted by molar-refractivity contribution is -0.910. The molecule has 3 aromatic heterocycles. The molecule has 1 amide bonds. The number of anilines is 1. The number of quaternary nitrogens is 1. The second-order valence-electron chi connectivity index (χ2n) is 8.95. The molecule has 4 N–H and O–H groups in total. The van der Waals surface area contributed by atoms with E-state index in [4.69, 9.17) is 15.5 Å². The molecule has 1 saturated heterocycles. The SMILES string of the molecule is Nc1c(C(=O)NCc2ccc(F)cc2)cc2c(=O)n3ccccc3nc2[n+]1CCC[NH+]1CCOCC1. The van der Waals surface area contributed by atoms with Gasteiger partial charge < -0.3 is 20.7 Å². The predicted octanol–water partition coefficient (Wildman–Crippen LogP) is 0.0917. The first-order valence-corrected chi connectivity index (χ1v) is 12.1. The van der Waals surface area contributed by atoms with E-state index in [0.29, 0.717) is 23.2 Å². The normalized spacial score (nSPS) is 14.4. The highest BCUT2D eigenvalue weighted by Gasteiger charge is 2.25. The number of amides is 1. The maximum atomic E-state index is 13.3. The molecule has 4 heterocycles. The van der Waals surface area contributed by atoms with Gasteiger partial charge in [0, 0.05) is 19.2 Å². The van der Waals surface area contributed by atoms with Crippen LogP contribution in [0.4, 0.5) is 10.2 Å². The molecule has 0 bridgehead atoms. The van der Waals surface area contributed by atoms with Crippen LogP contribution in [0.1, 0.15) is 22.3 Å². The van der Waals surface area contributed by atoms with Crippen LogP contribution in [0.25, 0.3) is 16.7 Å². The van der Waals surface area contributed by atoms with E-state index in [1.54, 1.807) is 35.0 Å². The Bertz CT molecular complexity index is 1470. The van der Waals surface area contributed by atoms with Gasteiger partial charge in [0.2, 0.25) is 11.5 Å². The molecule has 1 aromatic carbocycles. The van der Waals surface area contributed by atoms with Gasteiger partial charge in [-0.3, -0.25) is 14.0 Å². The molecule has 0 aliphatic carbocycles. The predicted molar refractivity (Wildman–Crippen MR) is 132 cm³/mol. The third kappa shape index (κ3) is 4.91. The average molecular weight is 493 g/mol. The van der Waals surface area contributed by atoms with Crippen LogP contribution in [0.5, 0.6) is 0 Å². The van der Waals surface area contributed by atoms with Gasteiger partial charge in [0.05, 0.1) is 26.3 Å². The van der Waals surface area contributed by atoms with Crippen molar-refractivity contribution in [2.45, 2.75) is 19.5 Å². The van der Waals surface area contributed by atoms with Crippen LogP contribution in [0, 0.1) is 5.82 Å². The van der Waals surface area contributed by atoms with Crippen LogP contribution < -0.4 is 26.1 Å². The maximum absolute atomic E-state index is 13.3. The number of nitrogens with two attached hydrogens (primary N) is 1. The molecule has 1 aliphatic rings. The number of rotatable bonds is 7. The Labute approximate surface area is 206 Å². The summed E-state index contributed by atoms with van der Waals surface area (Å²) in [6.07, 6.45) is 2.46. The highest BCUT2D eigenvalue weighted by atomic mass is 19.1. The molecule has 4 aromatic rings. The van der Waals surface area contributed by atoms with E-state index >= 15 is 0 Å². The van der Waals surface area contributed by atoms with E-state index in [1.165, 1.54) is 27.5 Å². The average Bonchev–Trinajstić information content (AvgIpc) is 2.90. The molecule has 36 heavy (non-hydrogen) atoms. The van der Waals surface area contributed by atoms with Crippen molar-refractivity contribution in [1.82, 2.24) is 14.7 Å². The number of pyridine rings is 2. The smallest absolute Gasteiger partial charge is 0.278 e. The maximum Gasteiger partial charge on any atom is 0.278 e. The van der Waals surface area contributed by atoms with Crippen LogP contribution in [0.3, 0.4) is 0 Å².